The summed E-state index contributed by atoms with van der Waals surface area (Å²) in [7, 11) is 0. The predicted molar refractivity (Wildman–Crippen MR) is 38.7 cm³/mol. The van der Waals surface area contributed by atoms with Crippen molar-refractivity contribution in [3.8, 4) is 0 Å². The van der Waals surface area contributed by atoms with Crippen molar-refractivity contribution < 1.29 is 0 Å². The number of nitrogens with two attached hydrogens (primary N) is 1. The summed E-state index contributed by atoms with van der Waals surface area (Å²) in [6, 6.07) is 1.79. The van der Waals surface area contributed by atoms with Crippen molar-refractivity contribution >= 4 is 11.6 Å². The summed E-state index contributed by atoms with van der Waals surface area (Å²) in [6.07, 6.45) is 2.07. The topological polar surface area (TPSA) is 54.7 Å². The fourth-order valence-electron chi connectivity index (χ4n) is 0.956. The Balaban J connectivity index is 2.34. The minimum absolute atomic E-state index is 0.139. The first kappa shape index (κ1) is 6.19. The Labute approximate surface area is 63.6 Å². The van der Waals surface area contributed by atoms with Gasteiger partial charge >= 0.3 is 0 Å². The van der Waals surface area contributed by atoms with Crippen LogP contribution in [0.5, 0.6) is 0 Å². The Kier molecular flexibility index (Phi) is 1.08. The summed E-state index contributed by atoms with van der Waals surface area (Å²) < 4.78 is 0. The molecule has 4 heteroatoms. The van der Waals surface area contributed by atoms with Crippen LogP contribution in [0.3, 0.4) is 0 Å². The predicted octanol–water partition coefficient (Wildman–Crippen LogP) is 1.01. The second-order valence-electron chi connectivity index (χ2n) is 2.76. The molecule has 0 atom stereocenters. The summed E-state index contributed by atoms with van der Waals surface area (Å²) >= 11 is 5.60. The molecule has 0 saturated heterocycles. The molecular weight excluding hydrogens is 150 g/mol. The maximum Gasteiger partial charge on any atom is 0.151 e. The van der Waals surface area contributed by atoms with Crippen molar-refractivity contribution in [3.63, 3.8) is 0 Å². The Hall–Kier alpha value is -0.540. The van der Waals surface area contributed by atoms with Crippen LogP contribution in [0, 0.1) is 0 Å². The molecule has 0 radical (unpaired) electrons. The molecule has 1 aromatic rings. The van der Waals surface area contributed by atoms with Crippen LogP contribution in [0.2, 0.25) is 5.15 Å². The second-order valence-corrected chi connectivity index (χ2v) is 3.15. The van der Waals surface area contributed by atoms with E-state index < -0.39 is 0 Å². The maximum atomic E-state index is 5.85. The van der Waals surface area contributed by atoms with Crippen LogP contribution in [-0.4, -0.2) is 10.2 Å². The normalized spacial score (nSPS) is 21.0. The van der Waals surface area contributed by atoms with E-state index in [4.69, 9.17) is 17.3 Å². The summed E-state index contributed by atoms with van der Waals surface area (Å²) in [6.45, 7) is 0. The number of nitrogens with zero attached hydrogens (tertiary/aromatic N) is 1. The SMILES string of the molecule is NC1(c2cc(Cl)n[nH]2)CC1. The van der Waals surface area contributed by atoms with Gasteiger partial charge in [0.1, 0.15) is 0 Å². The van der Waals surface area contributed by atoms with Crippen molar-refractivity contribution in [2.24, 2.45) is 5.73 Å². The zero-order chi connectivity index (χ0) is 7.19. The fraction of sp³-hybridized carbons (Fsp3) is 0.500. The Morgan fingerprint density at radius 3 is 2.80 bits per heavy atom. The van der Waals surface area contributed by atoms with Crippen LogP contribution < -0.4 is 5.73 Å². The number of hydrogen-bond donors (Lipinski definition) is 2. The first-order valence-corrected chi connectivity index (χ1v) is 3.59. The number of aromatic nitrogens is 2. The third-order valence-electron chi connectivity index (χ3n) is 1.87. The Bertz CT molecular complexity index is 251. The van der Waals surface area contributed by atoms with Crippen LogP contribution in [-0.2, 0) is 5.54 Å². The first-order valence-electron chi connectivity index (χ1n) is 3.21. The monoisotopic (exact) mass is 157 g/mol. The van der Waals surface area contributed by atoms with E-state index in [1.807, 2.05) is 0 Å². The van der Waals surface area contributed by atoms with E-state index in [2.05, 4.69) is 10.2 Å². The Morgan fingerprint density at radius 2 is 2.40 bits per heavy atom. The highest BCUT2D eigenvalue weighted by Gasteiger charge is 2.41. The van der Waals surface area contributed by atoms with Gasteiger partial charge in [-0.2, -0.15) is 5.10 Å². The molecule has 10 heavy (non-hydrogen) atoms. The van der Waals surface area contributed by atoms with Gasteiger partial charge in [-0.25, -0.2) is 0 Å². The van der Waals surface area contributed by atoms with E-state index in [1.165, 1.54) is 0 Å². The van der Waals surface area contributed by atoms with E-state index >= 15 is 0 Å². The molecule has 1 aliphatic rings. The van der Waals surface area contributed by atoms with Gasteiger partial charge in [0.25, 0.3) is 0 Å². The zero-order valence-corrected chi connectivity index (χ0v) is 6.15. The van der Waals surface area contributed by atoms with Gasteiger partial charge in [0.2, 0.25) is 0 Å². The second kappa shape index (κ2) is 1.74. The Morgan fingerprint density at radius 1 is 1.70 bits per heavy atom. The van der Waals surface area contributed by atoms with Gasteiger partial charge < -0.3 is 5.73 Å². The van der Waals surface area contributed by atoms with Crippen LogP contribution in [0.25, 0.3) is 0 Å². The lowest BCUT2D eigenvalue weighted by Gasteiger charge is -2.01. The van der Waals surface area contributed by atoms with Crippen LogP contribution in [0.1, 0.15) is 18.5 Å². The van der Waals surface area contributed by atoms with Gasteiger partial charge in [-0.1, -0.05) is 11.6 Å². The molecule has 0 unspecified atom stereocenters. The minimum Gasteiger partial charge on any atom is -0.320 e. The lowest BCUT2D eigenvalue weighted by atomic mass is 10.2. The third kappa shape index (κ3) is 0.822. The molecule has 1 fully saturated rings. The molecular formula is C6H8ClN3. The highest BCUT2D eigenvalue weighted by atomic mass is 35.5. The molecule has 1 aliphatic carbocycles. The number of halogens is 1. The van der Waals surface area contributed by atoms with E-state index in [0.29, 0.717) is 5.15 Å². The first-order chi connectivity index (χ1) is 4.71. The average Bonchev–Trinajstić information content (AvgIpc) is 2.45. The van der Waals surface area contributed by atoms with E-state index in [0.717, 1.165) is 18.5 Å². The molecule has 0 aliphatic heterocycles. The minimum atomic E-state index is -0.139. The smallest absolute Gasteiger partial charge is 0.151 e. The molecule has 1 heterocycles. The number of aromatic amines is 1. The van der Waals surface area contributed by atoms with E-state index in [-0.39, 0.29) is 5.54 Å². The molecule has 54 valence electrons. The van der Waals surface area contributed by atoms with Crippen LogP contribution in [0.15, 0.2) is 6.07 Å². The van der Waals surface area contributed by atoms with Gasteiger partial charge in [-0.05, 0) is 12.8 Å². The summed E-state index contributed by atoms with van der Waals surface area (Å²) in [5.41, 5.74) is 6.67. The lowest BCUT2D eigenvalue weighted by Crippen LogP contribution is -2.18. The number of rotatable bonds is 1. The number of H-pyrrole nitrogens is 1. The van der Waals surface area contributed by atoms with Crippen LogP contribution in [0.4, 0.5) is 0 Å². The van der Waals surface area contributed by atoms with Crippen molar-refractivity contribution in [2.75, 3.05) is 0 Å². The summed E-state index contributed by atoms with van der Waals surface area (Å²) in [5.74, 6) is 0. The molecule has 3 N–H and O–H groups in total. The molecule has 3 nitrogen and oxygen atoms in total. The molecule has 2 rings (SSSR count). The quantitative estimate of drug-likeness (QED) is 0.640. The highest BCUT2D eigenvalue weighted by Crippen LogP contribution is 2.41. The summed E-state index contributed by atoms with van der Waals surface area (Å²) in [4.78, 5) is 0. The van der Waals surface area contributed by atoms with E-state index in [1.54, 1.807) is 6.07 Å². The highest BCUT2D eigenvalue weighted by molar-refractivity contribution is 6.29. The van der Waals surface area contributed by atoms with Crippen LogP contribution >= 0.6 is 11.6 Å². The third-order valence-corrected chi connectivity index (χ3v) is 2.07. The van der Waals surface area contributed by atoms with Gasteiger partial charge in [0, 0.05) is 6.07 Å². The summed E-state index contributed by atoms with van der Waals surface area (Å²) in [5, 5.41) is 7.08. The van der Waals surface area contributed by atoms with Crippen molar-refractivity contribution in [1.82, 2.24) is 10.2 Å². The van der Waals surface area contributed by atoms with Crippen molar-refractivity contribution in [3.05, 3.63) is 16.9 Å². The standard InChI is InChI=1S/C6H8ClN3/c7-5-3-4(9-10-5)6(8)1-2-6/h3H,1-2,8H2,(H,9,10). The molecule has 1 aromatic heterocycles. The van der Waals surface area contributed by atoms with E-state index in [9.17, 15) is 0 Å². The maximum absolute atomic E-state index is 5.85. The zero-order valence-electron chi connectivity index (χ0n) is 5.39. The lowest BCUT2D eigenvalue weighted by molar-refractivity contribution is 0.702. The van der Waals surface area contributed by atoms with Crippen molar-refractivity contribution in [1.29, 1.82) is 0 Å². The molecule has 1 saturated carbocycles. The number of hydrogen-bond acceptors (Lipinski definition) is 2. The largest absolute Gasteiger partial charge is 0.320 e. The molecule has 0 aromatic carbocycles. The number of nitrogens with one attached hydrogen (secondary N) is 1. The van der Waals surface area contributed by atoms with Gasteiger partial charge in [0.05, 0.1) is 11.2 Å². The molecule has 0 spiro atoms. The molecule has 0 bridgehead atoms. The van der Waals surface area contributed by atoms with Crippen molar-refractivity contribution in [2.45, 2.75) is 18.4 Å². The fourth-order valence-corrected chi connectivity index (χ4v) is 1.11. The van der Waals surface area contributed by atoms with Gasteiger partial charge in [-0.15, -0.1) is 0 Å². The van der Waals surface area contributed by atoms with Gasteiger partial charge in [0.15, 0.2) is 5.15 Å². The average molecular weight is 158 g/mol. The molecule has 0 amide bonds. The van der Waals surface area contributed by atoms with Gasteiger partial charge in [-0.3, -0.25) is 5.10 Å².